The molecule has 10 atom stereocenters. The number of hydrogen-bond donors (Lipinski definition) is 2. The molecule has 4 heterocycles. The summed E-state index contributed by atoms with van der Waals surface area (Å²) in [7, 11) is 0. The number of hydrogen-bond acceptors (Lipinski definition) is 8. The van der Waals surface area contributed by atoms with Crippen molar-refractivity contribution < 1.29 is 38.7 Å². The first-order valence-corrected chi connectivity index (χ1v) is 10.1. The molecular weight excluding hydrogens is 368 g/mol. The molecule has 0 aromatic rings. The maximum absolute atomic E-state index is 13.3. The second kappa shape index (κ2) is 4.43. The van der Waals surface area contributed by atoms with Gasteiger partial charge in [-0.1, -0.05) is 27.7 Å². The maximum Gasteiger partial charge on any atom is 0.342 e. The largest absolute Gasteiger partial charge is 0.459 e. The lowest BCUT2D eigenvalue weighted by molar-refractivity contribution is -0.239. The molecule has 5 unspecified atom stereocenters. The van der Waals surface area contributed by atoms with Crippen LogP contribution in [0, 0.1) is 28.1 Å². The van der Waals surface area contributed by atoms with Gasteiger partial charge in [-0.15, -0.1) is 0 Å². The van der Waals surface area contributed by atoms with Crippen LogP contribution in [0.3, 0.4) is 0 Å². The minimum Gasteiger partial charge on any atom is -0.459 e. The van der Waals surface area contributed by atoms with Crippen LogP contribution < -0.4 is 0 Å². The third kappa shape index (κ3) is 1.28. The van der Waals surface area contributed by atoms with Crippen molar-refractivity contribution in [2.45, 2.75) is 76.3 Å². The number of ether oxygens (including phenoxy) is 4. The van der Waals surface area contributed by atoms with E-state index in [0.717, 1.165) is 0 Å². The van der Waals surface area contributed by atoms with Gasteiger partial charge in [0.15, 0.2) is 0 Å². The van der Waals surface area contributed by atoms with Crippen molar-refractivity contribution in [1.29, 1.82) is 0 Å². The first-order chi connectivity index (χ1) is 13.0. The zero-order valence-corrected chi connectivity index (χ0v) is 16.4. The Morgan fingerprint density at radius 3 is 2.57 bits per heavy atom. The highest BCUT2D eigenvalue weighted by Crippen LogP contribution is 2.84. The highest BCUT2D eigenvalue weighted by molar-refractivity contribution is 5.90. The van der Waals surface area contributed by atoms with Gasteiger partial charge in [-0.05, 0) is 17.8 Å². The van der Waals surface area contributed by atoms with Crippen LogP contribution >= 0.6 is 0 Å². The summed E-state index contributed by atoms with van der Waals surface area (Å²) in [5.41, 5.74) is -6.03. The molecule has 6 aliphatic rings. The number of aliphatic hydroxyl groups excluding tert-OH is 1. The van der Waals surface area contributed by atoms with Crippen LogP contribution in [0.4, 0.5) is 0 Å². The maximum atomic E-state index is 13.3. The summed E-state index contributed by atoms with van der Waals surface area (Å²) in [5, 5.41) is 23.5. The van der Waals surface area contributed by atoms with E-state index < -0.39 is 64.5 Å². The molecule has 0 amide bonds. The highest BCUT2D eigenvalue weighted by atomic mass is 16.7. The second-order valence-corrected chi connectivity index (χ2v) is 10.7. The number of carbonyl (C=O) groups excluding carboxylic acids is 2. The molecule has 8 heteroatoms. The Bertz CT molecular complexity index is 820. The topological polar surface area (TPSA) is 112 Å². The van der Waals surface area contributed by atoms with Crippen molar-refractivity contribution in [1.82, 2.24) is 0 Å². The first-order valence-electron chi connectivity index (χ1n) is 10.1. The number of esters is 2. The van der Waals surface area contributed by atoms with E-state index >= 15 is 0 Å². The van der Waals surface area contributed by atoms with Crippen LogP contribution in [0.5, 0.6) is 0 Å². The van der Waals surface area contributed by atoms with Crippen molar-refractivity contribution >= 4 is 11.9 Å². The Kier molecular flexibility index (Phi) is 2.79. The van der Waals surface area contributed by atoms with E-state index in [1.165, 1.54) is 0 Å². The number of aliphatic hydroxyl groups is 2. The molecule has 2 N–H and O–H groups in total. The van der Waals surface area contributed by atoms with Crippen molar-refractivity contribution in [2.75, 3.05) is 6.61 Å². The molecule has 6 fully saturated rings. The third-order valence-corrected chi connectivity index (χ3v) is 8.92. The second-order valence-electron chi connectivity index (χ2n) is 10.7. The van der Waals surface area contributed by atoms with Gasteiger partial charge < -0.3 is 29.2 Å². The molecule has 4 aliphatic heterocycles. The molecule has 154 valence electrons. The summed E-state index contributed by atoms with van der Waals surface area (Å²) in [6, 6.07) is 0. The van der Waals surface area contributed by atoms with E-state index in [4.69, 9.17) is 18.9 Å². The smallest absolute Gasteiger partial charge is 0.342 e. The van der Waals surface area contributed by atoms with Crippen molar-refractivity contribution in [3.05, 3.63) is 0 Å². The molecule has 2 spiro atoms. The lowest BCUT2D eigenvalue weighted by Crippen LogP contribution is -2.65. The average molecular weight is 394 g/mol. The number of rotatable bonds is 0. The Labute approximate surface area is 162 Å². The summed E-state index contributed by atoms with van der Waals surface area (Å²) in [6.45, 7) is 8.20. The minimum absolute atomic E-state index is 0.0305. The van der Waals surface area contributed by atoms with Crippen LogP contribution in [-0.4, -0.2) is 64.6 Å². The third-order valence-electron chi connectivity index (χ3n) is 8.92. The molecular formula is C20H26O8. The molecule has 0 radical (unpaired) electrons. The van der Waals surface area contributed by atoms with Gasteiger partial charge in [-0.2, -0.15) is 0 Å². The van der Waals surface area contributed by atoms with Crippen LogP contribution in [0.1, 0.15) is 40.5 Å². The van der Waals surface area contributed by atoms with Gasteiger partial charge in [-0.3, -0.25) is 4.79 Å². The Hall–Kier alpha value is -1.22. The molecule has 0 bridgehead atoms. The van der Waals surface area contributed by atoms with Crippen LogP contribution in [0.25, 0.3) is 0 Å². The predicted molar refractivity (Wildman–Crippen MR) is 90.5 cm³/mol. The van der Waals surface area contributed by atoms with E-state index in [1.807, 2.05) is 0 Å². The lowest BCUT2D eigenvalue weighted by Gasteiger charge is -2.46. The van der Waals surface area contributed by atoms with Crippen LogP contribution in [0.2, 0.25) is 0 Å². The van der Waals surface area contributed by atoms with Gasteiger partial charge in [0.05, 0.1) is 30.0 Å². The Morgan fingerprint density at radius 1 is 1.18 bits per heavy atom. The van der Waals surface area contributed by atoms with Gasteiger partial charge in [0, 0.05) is 5.92 Å². The van der Waals surface area contributed by atoms with Crippen molar-refractivity contribution in [2.24, 2.45) is 28.1 Å². The van der Waals surface area contributed by atoms with Crippen molar-refractivity contribution in [3.8, 4) is 0 Å². The Morgan fingerprint density at radius 2 is 1.89 bits per heavy atom. The monoisotopic (exact) mass is 394 g/mol. The summed E-state index contributed by atoms with van der Waals surface area (Å²) in [6.07, 6.45) is -3.31. The normalized spacial score (nSPS) is 61.1. The molecule has 2 aliphatic carbocycles. The fourth-order valence-corrected chi connectivity index (χ4v) is 8.22. The van der Waals surface area contributed by atoms with Gasteiger partial charge >= 0.3 is 11.9 Å². The summed E-state index contributed by atoms with van der Waals surface area (Å²) < 4.78 is 23.5. The predicted octanol–water partition coefficient (Wildman–Crippen LogP) is 0.133. The van der Waals surface area contributed by atoms with E-state index in [1.54, 1.807) is 6.92 Å². The van der Waals surface area contributed by atoms with Gasteiger partial charge in [0.25, 0.3) is 0 Å². The lowest BCUT2D eigenvalue weighted by atomic mass is 9.52. The quantitative estimate of drug-likeness (QED) is 0.558. The minimum atomic E-state index is -1.80. The van der Waals surface area contributed by atoms with Crippen LogP contribution in [-0.2, 0) is 28.5 Å². The zero-order chi connectivity index (χ0) is 20.1. The van der Waals surface area contributed by atoms with E-state index in [0.29, 0.717) is 6.42 Å². The molecule has 8 nitrogen and oxygen atoms in total. The molecule has 2 saturated carbocycles. The van der Waals surface area contributed by atoms with E-state index in [-0.39, 0.29) is 24.4 Å². The van der Waals surface area contributed by atoms with Gasteiger partial charge in [0.1, 0.15) is 17.8 Å². The average Bonchev–Trinajstić information content (AvgIpc) is 3.30. The van der Waals surface area contributed by atoms with Crippen molar-refractivity contribution in [3.63, 3.8) is 0 Å². The summed E-state index contributed by atoms with van der Waals surface area (Å²) >= 11 is 0. The number of fused-ring (bicyclic) bond motifs is 1. The first kappa shape index (κ1) is 17.6. The SMILES string of the molecule is C[C@@H]1COC2[C@H](O)C34C5C[C@@H](C(C)(C)C)C36CC(=O)O[C@H]6OC4(C(=O)O5)[C@]21O. The van der Waals surface area contributed by atoms with Gasteiger partial charge in [-0.25, -0.2) is 4.79 Å². The zero-order valence-electron chi connectivity index (χ0n) is 16.4. The van der Waals surface area contributed by atoms with E-state index in [2.05, 4.69) is 20.8 Å². The molecule has 0 aromatic carbocycles. The fourth-order valence-electron chi connectivity index (χ4n) is 8.22. The van der Waals surface area contributed by atoms with Crippen LogP contribution in [0.15, 0.2) is 0 Å². The Balaban J connectivity index is 1.70. The molecule has 0 aromatic heterocycles. The summed E-state index contributed by atoms with van der Waals surface area (Å²) in [4.78, 5) is 25.8. The number of carbonyl (C=O) groups is 2. The molecule has 6 rings (SSSR count). The molecule has 4 saturated heterocycles. The standard InChI is InChI=1S/C20H26O8/c1-8-7-25-13-12(22)18-10-5-9(16(2,3)4)17(18)6-11(21)27-15(17)28-20(18,14(23)26-10)19(8,13)24/h8-10,12-13,15,22,24H,5-7H2,1-4H3/t8-,9+,10?,12+,13?,15+,17?,18?,19-,20?/m1/s1. The highest BCUT2D eigenvalue weighted by Gasteiger charge is 3.01. The molecule has 28 heavy (non-hydrogen) atoms. The fraction of sp³-hybridized carbons (Fsp3) is 0.900. The van der Waals surface area contributed by atoms with E-state index in [9.17, 15) is 19.8 Å². The summed E-state index contributed by atoms with van der Waals surface area (Å²) in [5.74, 6) is -1.63. The van der Waals surface area contributed by atoms with Gasteiger partial charge in [0.2, 0.25) is 11.9 Å².